The van der Waals surface area contributed by atoms with Crippen LogP contribution in [0.2, 0.25) is 0 Å². The Morgan fingerprint density at radius 3 is 2.29 bits per heavy atom. The molecule has 0 radical (unpaired) electrons. The summed E-state index contributed by atoms with van der Waals surface area (Å²) in [6, 6.07) is 0. The molecule has 0 aliphatic rings. The standard InChI is InChI=1S/C14H33N2O3P.Na.H/c1-3-5-7-8-9-10-13-18-20(17,14-6-4-2)19-16-12-11-15;;/h16H,3-15H2,1-2H3;;/q;+1;-1. The van der Waals surface area contributed by atoms with Gasteiger partial charge in [0.25, 0.3) is 0 Å². The molecule has 0 aromatic carbocycles. The van der Waals surface area contributed by atoms with E-state index < -0.39 is 7.60 Å². The molecular weight excluding hydrogens is 298 g/mol. The molecule has 0 spiro atoms. The molecule has 0 fully saturated rings. The molecule has 5 nitrogen and oxygen atoms in total. The number of hydroxylamine groups is 1. The summed E-state index contributed by atoms with van der Waals surface area (Å²) in [7, 11) is -2.99. The number of nitrogens with one attached hydrogen (secondary N) is 1. The fourth-order valence-electron chi connectivity index (χ4n) is 1.78. The van der Waals surface area contributed by atoms with Gasteiger partial charge in [0.05, 0.1) is 12.8 Å². The van der Waals surface area contributed by atoms with E-state index in [-0.39, 0.29) is 31.0 Å². The van der Waals surface area contributed by atoms with Crippen LogP contribution in [0.1, 0.15) is 66.6 Å². The van der Waals surface area contributed by atoms with E-state index in [1.807, 2.05) is 0 Å². The first kappa shape index (κ1) is 24.3. The van der Waals surface area contributed by atoms with E-state index in [0.29, 0.717) is 25.9 Å². The van der Waals surface area contributed by atoms with E-state index in [1.165, 1.54) is 25.7 Å². The minimum atomic E-state index is -2.99. The Balaban J connectivity index is -0.00000180. The summed E-state index contributed by atoms with van der Waals surface area (Å²) >= 11 is 0. The molecule has 1 unspecified atom stereocenters. The summed E-state index contributed by atoms with van der Waals surface area (Å²) in [5, 5.41) is 0. The Bertz CT molecular complexity index is 264. The molecule has 7 heteroatoms. The molecule has 0 heterocycles. The van der Waals surface area contributed by atoms with Crippen molar-refractivity contribution in [2.45, 2.75) is 65.2 Å². The van der Waals surface area contributed by atoms with Crippen molar-refractivity contribution < 1.29 is 44.7 Å². The fraction of sp³-hybridized carbons (Fsp3) is 1.00. The van der Waals surface area contributed by atoms with Crippen molar-refractivity contribution in [2.75, 3.05) is 25.9 Å². The van der Waals surface area contributed by atoms with E-state index in [0.717, 1.165) is 25.7 Å². The third-order valence-corrected chi connectivity index (χ3v) is 4.87. The summed E-state index contributed by atoms with van der Waals surface area (Å²) in [5.74, 6) is 0. The Hall–Kier alpha value is 1.07. The quantitative estimate of drug-likeness (QED) is 0.202. The van der Waals surface area contributed by atoms with Crippen LogP contribution in [0.25, 0.3) is 0 Å². The van der Waals surface area contributed by atoms with Crippen molar-refractivity contribution in [1.82, 2.24) is 5.48 Å². The predicted octanol–water partition coefficient (Wildman–Crippen LogP) is 0.953. The Kier molecular flexibility index (Phi) is 20.2. The smallest absolute Gasteiger partial charge is 1.00 e. The van der Waals surface area contributed by atoms with Crippen LogP contribution >= 0.6 is 7.60 Å². The number of nitrogens with two attached hydrogens (primary N) is 1. The molecule has 3 N–H and O–H groups in total. The van der Waals surface area contributed by atoms with Gasteiger partial charge >= 0.3 is 37.2 Å². The Morgan fingerprint density at radius 1 is 1.05 bits per heavy atom. The molecule has 124 valence electrons. The molecular formula is C14H34N2NaO3P. The fourth-order valence-corrected chi connectivity index (χ4v) is 3.45. The molecule has 0 saturated heterocycles. The molecule has 0 aliphatic carbocycles. The van der Waals surface area contributed by atoms with Gasteiger partial charge in [0, 0.05) is 13.1 Å². The maximum atomic E-state index is 12.4. The SMILES string of the molecule is CCCCCCCCOP(=O)(CCCC)ONCCN.[H-].[Na+]. The monoisotopic (exact) mass is 332 g/mol. The maximum absolute atomic E-state index is 12.4. The Morgan fingerprint density at radius 2 is 1.67 bits per heavy atom. The van der Waals surface area contributed by atoms with Gasteiger partial charge in [-0.05, 0) is 12.8 Å². The minimum absolute atomic E-state index is 0. The van der Waals surface area contributed by atoms with E-state index in [2.05, 4.69) is 19.3 Å². The maximum Gasteiger partial charge on any atom is 1.00 e. The number of hydrogen-bond acceptors (Lipinski definition) is 5. The second-order valence-corrected chi connectivity index (χ2v) is 7.17. The second-order valence-electron chi connectivity index (χ2n) is 5.06. The molecule has 0 aromatic heterocycles. The minimum Gasteiger partial charge on any atom is -1.00 e. The summed E-state index contributed by atoms with van der Waals surface area (Å²) in [6.45, 7) is 5.71. The predicted molar refractivity (Wildman–Crippen MR) is 86.0 cm³/mol. The molecule has 0 rings (SSSR count). The van der Waals surface area contributed by atoms with Gasteiger partial charge < -0.3 is 11.7 Å². The topological polar surface area (TPSA) is 73.6 Å². The Labute approximate surface area is 154 Å². The molecule has 0 aliphatic heterocycles. The molecule has 0 aromatic rings. The van der Waals surface area contributed by atoms with E-state index in [9.17, 15) is 4.57 Å². The summed E-state index contributed by atoms with van der Waals surface area (Å²) in [6.07, 6.45) is 9.41. The van der Waals surface area contributed by atoms with Gasteiger partial charge in [0.2, 0.25) is 0 Å². The zero-order chi connectivity index (χ0) is 15.1. The van der Waals surface area contributed by atoms with E-state index in [1.54, 1.807) is 0 Å². The molecule has 21 heavy (non-hydrogen) atoms. The second kappa shape index (κ2) is 17.4. The van der Waals surface area contributed by atoms with Crippen LogP contribution in [0.3, 0.4) is 0 Å². The van der Waals surface area contributed by atoms with Crippen LogP contribution in [0.15, 0.2) is 0 Å². The van der Waals surface area contributed by atoms with E-state index >= 15 is 0 Å². The third kappa shape index (κ3) is 15.7. The van der Waals surface area contributed by atoms with Crippen molar-refractivity contribution in [3.63, 3.8) is 0 Å². The molecule has 0 amide bonds. The zero-order valence-electron chi connectivity index (χ0n) is 15.2. The van der Waals surface area contributed by atoms with Gasteiger partial charge in [-0.3, -0.25) is 4.57 Å². The summed E-state index contributed by atoms with van der Waals surface area (Å²) in [5.41, 5.74) is 8.00. The van der Waals surface area contributed by atoms with Gasteiger partial charge in [-0.15, -0.1) is 0 Å². The van der Waals surface area contributed by atoms with Crippen molar-refractivity contribution in [1.29, 1.82) is 0 Å². The van der Waals surface area contributed by atoms with Crippen LogP contribution in [0.4, 0.5) is 0 Å². The van der Waals surface area contributed by atoms with Gasteiger partial charge in [-0.25, -0.2) is 4.62 Å². The molecule has 0 saturated carbocycles. The average Bonchev–Trinajstić information content (AvgIpc) is 2.45. The van der Waals surface area contributed by atoms with Crippen molar-refractivity contribution in [3.05, 3.63) is 0 Å². The largest absolute Gasteiger partial charge is 1.00 e. The van der Waals surface area contributed by atoms with Crippen LogP contribution in [-0.2, 0) is 13.7 Å². The third-order valence-electron chi connectivity index (χ3n) is 3.02. The first-order chi connectivity index (χ1) is 9.68. The summed E-state index contributed by atoms with van der Waals surface area (Å²) in [4.78, 5) is 0. The van der Waals surface area contributed by atoms with Crippen LogP contribution in [0.5, 0.6) is 0 Å². The van der Waals surface area contributed by atoms with Crippen LogP contribution in [0, 0.1) is 0 Å². The molecule has 0 bridgehead atoms. The normalized spacial score (nSPS) is 13.7. The van der Waals surface area contributed by atoms with Crippen molar-refractivity contribution in [3.8, 4) is 0 Å². The number of hydrogen-bond donors (Lipinski definition) is 2. The first-order valence-corrected chi connectivity index (χ1v) is 9.76. The van der Waals surface area contributed by atoms with Gasteiger partial charge in [-0.2, -0.15) is 5.48 Å². The first-order valence-electron chi connectivity index (χ1n) is 8.03. The van der Waals surface area contributed by atoms with Gasteiger partial charge in [0.1, 0.15) is 0 Å². The van der Waals surface area contributed by atoms with Gasteiger partial charge in [-0.1, -0.05) is 52.4 Å². The summed E-state index contributed by atoms with van der Waals surface area (Å²) < 4.78 is 23.2. The van der Waals surface area contributed by atoms with Crippen LogP contribution < -0.4 is 40.8 Å². The number of rotatable bonds is 15. The van der Waals surface area contributed by atoms with E-state index in [4.69, 9.17) is 14.9 Å². The van der Waals surface area contributed by atoms with Crippen LogP contribution in [-0.4, -0.2) is 25.9 Å². The zero-order valence-corrected chi connectivity index (χ0v) is 17.1. The average molecular weight is 332 g/mol. The van der Waals surface area contributed by atoms with Gasteiger partial charge in [0.15, 0.2) is 0 Å². The number of unbranched alkanes of at least 4 members (excludes halogenated alkanes) is 6. The van der Waals surface area contributed by atoms with Crippen molar-refractivity contribution in [2.24, 2.45) is 5.73 Å². The molecule has 1 atom stereocenters. The van der Waals surface area contributed by atoms with Crippen molar-refractivity contribution >= 4 is 7.60 Å².